The van der Waals surface area contributed by atoms with Gasteiger partial charge in [0.25, 0.3) is 0 Å². The van der Waals surface area contributed by atoms with Gasteiger partial charge in [-0.05, 0) is 18.2 Å². The van der Waals surface area contributed by atoms with Crippen molar-refractivity contribution in [1.82, 2.24) is 9.21 Å². The number of ether oxygens (including phenoxy) is 3. The predicted octanol–water partition coefficient (Wildman–Crippen LogP) is 2.31. The minimum absolute atomic E-state index is 0.0886. The molecule has 2 aliphatic rings. The van der Waals surface area contributed by atoms with Gasteiger partial charge in [-0.3, -0.25) is 4.79 Å². The second-order valence-corrected chi connectivity index (χ2v) is 9.82. The number of benzene rings is 2. The lowest BCUT2D eigenvalue weighted by Crippen LogP contribution is -2.51. The Morgan fingerprint density at radius 3 is 2.62 bits per heavy atom. The topological polar surface area (TPSA) is 85.4 Å². The second kappa shape index (κ2) is 9.48. The Balaban J connectivity index is 1.79. The number of carbonyl (C=O) groups excluding carboxylic acids is 1. The fraction of sp³-hybridized carbons (Fsp3) is 0.435. The first-order valence-corrected chi connectivity index (χ1v) is 12.0. The van der Waals surface area contributed by atoms with Gasteiger partial charge in [-0.1, -0.05) is 24.3 Å². The first kappa shape index (κ1) is 22.6. The van der Waals surface area contributed by atoms with Crippen molar-refractivity contribution < 1.29 is 27.4 Å². The number of amides is 1. The minimum atomic E-state index is -3.84. The summed E-state index contributed by atoms with van der Waals surface area (Å²) in [5.74, 6) is 0.932. The van der Waals surface area contributed by atoms with Crippen molar-refractivity contribution in [3.63, 3.8) is 0 Å². The molecule has 172 valence electrons. The monoisotopic (exact) mass is 460 g/mol. The number of sulfonamides is 1. The maximum absolute atomic E-state index is 13.7. The van der Waals surface area contributed by atoms with Gasteiger partial charge in [0.2, 0.25) is 15.9 Å². The molecule has 0 saturated carbocycles. The Kier molecular flexibility index (Phi) is 6.68. The molecule has 2 aromatic carbocycles. The molecule has 8 nitrogen and oxygen atoms in total. The van der Waals surface area contributed by atoms with Gasteiger partial charge < -0.3 is 19.1 Å². The van der Waals surface area contributed by atoms with Crippen LogP contribution in [0.25, 0.3) is 0 Å². The third kappa shape index (κ3) is 4.32. The molecule has 32 heavy (non-hydrogen) atoms. The molecule has 0 N–H and O–H groups in total. The maximum Gasteiger partial charge on any atom is 0.243 e. The molecule has 1 saturated heterocycles. The minimum Gasteiger partial charge on any atom is -0.497 e. The molecule has 0 bridgehead atoms. The number of hydrogen-bond donors (Lipinski definition) is 0. The predicted molar refractivity (Wildman–Crippen MR) is 118 cm³/mol. The number of fused-ring (bicyclic) bond motifs is 3. The van der Waals surface area contributed by atoms with E-state index in [1.165, 1.54) is 4.31 Å². The fourth-order valence-corrected chi connectivity index (χ4v) is 6.09. The van der Waals surface area contributed by atoms with E-state index >= 15 is 0 Å². The average molecular weight is 461 g/mol. The summed E-state index contributed by atoms with van der Waals surface area (Å²) in [6, 6.07) is 13.4. The summed E-state index contributed by atoms with van der Waals surface area (Å²) in [6.45, 7) is 1.65. The maximum atomic E-state index is 13.7. The molecular formula is C23H28N2O6S. The summed E-state index contributed by atoms with van der Waals surface area (Å²) >= 11 is 0. The normalized spacial score (nSPS) is 21.7. The SMILES string of the molecule is COCCN1C[C@H]2COc3cc(OC)ccc3[C@H]2N(S(=O)(=O)c2ccccc2)CCC1=O. The van der Waals surface area contributed by atoms with Crippen molar-refractivity contribution >= 4 is 15.9 Å². The van der Waals surface area contributed by atoms with Gasteiger partial charge >= 0.3 is 0 Å². The fourth-order valence-electron chi connectivity index (χ4n) is 4.40. The molecule has 0 aromatic heterocycles. The van der Waals surface area contributed by atoms with E-state index in [1.807, 2.05) is 12.1 Å². The number of rotatable bonds is 6. The van der Waals surface area contributed by atoms with Crippen LogP contribution in [0.4, 0.5) is 0 Å². The van der Waals surface area contributed by atoms with Crippen molar-refractivity contribution in [2.75, 3.05) is 47.1 Å². The summed E-state index contributed by atoms with van der Waals surface area (Å²) in [5.41, 5.74) is 0.780. The number of nitrogens with zero attached hydrogens (tertiary/aromatic N) is 2. The quantitative estimate of drug-likeness (QED) is 0.658. The van der Waals surface area contributed by atoms with Crippen molar-refractivity contribution in [1.29, 1.82) is 0 Å². The first-order valence-electron chi connectivity index (χ1n) is 10.6. The standard InChI is InChI=1S/C23H28N2O6S/c1-29-13-12-24-15-17-16-31-21-14-18(30-2)8-9-20(21)23(17)25(11-10-22(24)26)32(27,28)19-6-4-3-5-7-19/h3-9,14,17,23H,10-13,15-16H2,1-2H3/t17-,23-/m0/s1. The third-order valence-corrected chi connectivity index (χ3v) is 7.91. The lowest BCUT2D eigenvalue weighted by atomic mass is 9.89. The highest BCUT2D eigenvalue weighted by molar-refractivity contribution is 7.89. The number of methoxy groups -OCH3 is 2. The first-order chi connectivity index (χ1) is 15.5. The summed E-state index contributed by atoms with van der Waals surface area (Å²) in [7, 11) is -0.663. The summed E-state index contributed by atoms with van der Waals surface area (Å²) in [4.78, 5) is 14.8. The van der Waals surface area contributed by atoms with Gasteiger partial charge in [0.05, 0.1) is 31.3 Å². The zero-order valence-electron chi connectivity index (χ0n) is 18.3. The van der Waals surface area contributed by atoms with E-state index in [0.717, 1.165) is 5.56 Å². The van der Waals surface area contributed by atoms with Gasteiger partial charge in [-0.25, -0.2) is 8.42 Å². The highest BCUT2D eigenvalue weighted by Crippen LogP contribution is 2.44. The third-order valence-electron chi connectivity index (χ3n) is 6.02. The van der Waals surface area contributed by atoms with E-state index in [2.05, 4.69) is 0 Å². The smallest absolute Gasteiger partial charge is 0.243 e. The van der Waals surface area contributed by atoms with Crippen LogP contribution in [0.15, 0.2) is 53.4 Å². The number of hydrogen-bond acceptors (Lipinski definition) is 6. The molecule has 1 fully saturated rings. The molecule has 9 heteroatoms. The Morgan fingerprint density at radius 2 is 1.91 bits per heavy atom. The summed E-state index contributed by atoms with van der Waals surface area (Å²) < 4.78 is 45.4. The van der Waals surface area contributed by atoms with Gasteiger partial charge in [0.1, 0.15) is 11.5 Å². The highest BCUT2D eigenvalue weighted by atomic mass is 32.2. The van der Waals surface area contributed by atoms with Crippen molar-refractivity contribution in [2.45, 2.75) is 17.4 Å². The van der Waals surface area contributed by atoms with E-state index in [1.54, 1.807) is 55.5 Å². The van der Waals surface area contributed by atoms with Gasteiger partial charge in [-0.2, -0.15) is 4.31 Å². The van der Waals surface area contributed by atoms with E-state index in [9.17, 15) is 13.2 Å². The largest absolute Gasteiger partial charge is 0.497 e. The molecule has 4 rings (SSSR count). The Labute approximate surface area is 188 Å². The van der Waals surface area contributed by atoms with Gasteiger partial charge in [0, 0.05) is 50.7 Å². The van der Waals surface area contributed by atoms with Crippen LogP contribution in [0.1, 0.15) is 18.0 Å². The molecule has 0 aliphatic carbocycles. The molecule has 0 unspecified atom stereocenters. The molecular weight excluding hydrogens is 432 g/mol. The van der Waals surface area contributed by atoms with Crippen LogP contribution in [0, 0.1) is 5.92 Å². The molecule has 2 atom stereocenters. The number of carbonyl (C=O) groups is 1. The summed E-state index contributed by atoms with van der Waals surface area (Å²) in [5, 5.41) is 0. The Hall–Kier alpha value is -2.62. The highest BCUT2D eigenvalue weighted by Gasteiger charge is 2.44. The molecule has 2 aromatic rings. The van der Waals surface area contributed by atoms with Crippen LogP contribution in [0.5, 0.6) is 11.5 Å². The van der Waals surface area contributed by atoms with Crippen LogP contribution in [0.2, 0.25) is 0 Å². The average Bonchev–Trinajstić information content (AvgIpc) is 2.81. The summed E-state index contributed by atoms with van der Waals surface area (Å²) in [6.07, 6.45) is 0.103. The second-order valence-electron chi connectivity index (χ2n) is 7.93. The van der Waals surface area contributed by atoms with Crippen LogP contribution < -0.4 is 9.47 Å². The zero-order valence-corrected chi connectivity index (χ0v) is 19.1. The van der Waals surface area contributed by atoms with Crippen LogP contribution in [0.3, 0.4) is 0 Å². The van der Waals surface area contributed by atoms with Crippen molar-refractivity contribution in [3.8, 4) is 11.5 Å². The molecule has 0 radical (unpaired) electrons. The van der Waals surface area contributed by atoms with Crippen molar-refractivity contribution in [3.05, 3.63) is 54.1 Å². The lowest BCUT2D eigenvalue weighted by Gasteiger charge is -2.43. The van der Waals surface area contributed by atoms with Crippen LogP contribution in [-0.2, 0) is 19.6 Å². The van der Waals surface area contributed by atoms with Crippen LogP contribution >= 0.6 is 0 Å². The van der Waals surface area contributed by atoms with Crippen LogP contribution in [-0.4, -0.2) is 70.6 Å². The molecule has 2 heterocycles. The molecule has 0 spiro atoms. The Bertz CT molecular complexity index is 1060. The van der Waals surface area contributed by atoms with Gasteiger partial charge in [-0.15, -0.1) is 0 Å². The van der Waals surface area contributed by atoms with Crippen molar-refractivity contribution in [2.24, 2.45) is 5.92 Å². The van der Waals surface area contributed by atoms with E-state index in [0.29, 0.717) is 37.8 Å². The zero-order chi connectivity index (χ0) is 22.7. The molecule has 2 aliphatic heterocycles. The molecule has 1 amide bonds. The Morgan fingerprint density at radius 1 is 1.12 bits per heavy atom. The van der Waals surface area contributed by atoms with E-state index in [-0.39, 0.29) is 29.7 Å². The van der Waals surface area contributed by atoms with E-state index < -0.39 is 16.1 Å². The van der Waals surface area contributed by atoms with Gasteiger partial charge in [0.15, 0.2) is 0 Å². The lowest BCUT2D eigenvalue weighted by molar-refractivity contribution is -0.134. The van der Waals surface area contributed by atoms with E-state index in [4.69, 9.17) is 14.2 Å².